The summed E-state index contributed by atoms with van der Waals surface area (Å²) in [5.74, 6) is 0.553. The van der Waals surface area contributed by atoms with Crippen LogP contribution in [0.3, 0.4) is 0 Å². The first-order chi connectivity index (χ1) is 5.87. The summed E-state index contributed by atoms with van der Waals surface area (Å²) in [6, 6.07) is 0. The Labute approximate surface area is 80.7 Å². The third-order valence-corrected chi connectivity index (χ3v) is 2.44. The molecule has 0 amide bonds. The SMILES string of the molecule is COC[C@@H](/C=C/S(C)(=O)=O)C(C)C. The molecule has 13 heavy (non-hydrogen) atoms. The van der Waals surface area contributed by atoms with E-state index in [1.165, 1.54) is 11.7 Å². The molecule has 0 saturated heterocycles. The van der Waals surface area contributed by atoms with Crippen LogP contribution in [0.25, 0.3) is 0 Å². The van der Waals surface area contributed by atoms with Gasteiger partial charge in [0.05, 0.1) is 6.61 Å². The Balaban J connectivity index is 4.34. The molecule has 0 heterocycles. The maximum Gasteiger partial charge on any atom is 0.168 e. The summed E-state index contributed by atoms with van der Waals surface area (Å²) < 4.78 is 26.7. The van der Waals surface area contributed by atoms with Crippen molar-refractivity contribution in [3.8, 4) is 0 Å². The summed E-state index contributed by atoms with van der Waals surface area (Å²) >= 11 is 0. The molecule has 78 valence electrons. The van der Waals surface area contributed by atoms with Crippen molar-refractivity contribution in [3.63, 3.8) is 0 Å². The molecule has 0 fully saturated rings. The van der Waals surface area contributed by atoms with Gasteiger partial charge in [0.2, 0.25) is 0 Å². The average molecular weight is 206 g/mol. The van der Waals surface area contributed by atoms with E-state index in [1.807, 2.05) is 13.8 Å². The largest absolute Gasteiger partial charge is 0.384 e. The summed E-state index contributed by atoms with van der Waals surface area (Å²) in [7, 11) is -1.39. The van der Waals surface area contributed by atoms with Crippen molar-refractivity contribution in [2.24, 2.45) is 11.8 Å². The van der Waals surface area contributed by atoms with Crippen molar-refractivity contribution in [2.45, 2.75) is 13.8 Å². The van der Waals surface area contributed by atoms with Crippen LogP contribution in [0.5, 0.6) is 0 Å². The minimum Gasteiger partial charge on any atom is -0.384 e. The molecule has 0 aromatic carbocycles. The fourth-order valence-corrected chi connectivity index (χ4v) is 1.39. The predicted molar refractivity (Wildman–Crippen MR) is 54.2 cm³/mol. The highest BCUT2D eigenvalue weighted by molar-refractivity contribution is 7.93. The van der Waals surface area contributed by atoms with E-state index in [0.717, 1.165) is 0 Å². The van der Waals surface area contributed by atoms with Crippen molar-refractivity contribution in [3.05, 3.63) is 11.5 Å². The molecule has 0 aliphatic heterocycles. The maximum absolute atomic E-state index is 10.8. The Kier molecular flexibility index (Phi) is 5.25. The first-order valence-electron chi connectivity index (χ1n) is 4.24. The number of hydrogen-bond acceptors (Lipinski definition) is 3. The molecule has 1 atom stereocenters. The molecule has 0 radical (unpaired) electrons. The molecule has 0 spiro atoms. The van der Waals surface area contributed by atoms with Crippen LogP contribution in [0.4, 0.5) is 0 Å². The van der Waals surface area contributed by atoms with Crippen molar-refractivity contribution in [2.75, 3.05) is 20.0 Å². The molecule has 0 aliphatic rings. The number of methoxy groups -OCH3 is 1. The second-order valence-corrected chi connectivity index (χ2v) is 5.45. The molecular formula is C9H18O3S. The van der Waals surface area contributed by atoms with Gasteiger partial charge >= 0.3 is 0 Å². The van der Waals surface area contributed by atoms with Crippen molar-refractivity contribution in [1.82, 2.24) is 0 Å². The van der Waals surface area contributed by atoms with Crippen LogP contribution >= 0.6 is 0 Å². The molecule has 0 aromatic heterocycles. The Morgan fingerprint density at radius 1 is 1.38 bits per heavy atom. The Morgan fingerprint density at radius 2 is 1.92 bits per heavy atom. The first kappa shape index (κ1) is 12.7. The normalized spacial score (nSPS) is 15.5. The van der Waals surface area contributed by atoms with E-state index >= 15 is 0 Å². The van der Waals surface area contributed by atoms with Crippen molar-refractivity contribution >= 4 is 9.84 Å². The van der Waals surface area contributed by atoms with Crippen molar-refractivity contribution in [1.29, 1.82) is 0 Å². The lowest BCUT2D eigenvalue weighted by Gasteiger charge is -2.14. The third kappa shape index (κ3) is 6.78. The zero-order valence-corrected chi connectivity index (χ0v) is 9.47. The zero-order valence-electron chi connectivity index (χ0n) is 8.65. The molecule has 0 saturated carbocycles. The number of ether oxygens (including phenoxy) is 1. The minimum atomic E-state index is -3.01. The zero-order chi connectivity index (χ0) is 10.5. The number of sulfone groups is 1. The highest BCUT2D eigenvalue weighted by Crippen LogP contribution is 2.13. The van der Waals surface area contributed by atoms with Crippen LogP contribution in [0.2, 0.25) is 0 Å². The fourth-order valence-electron chi connectivity index (χ4n) is 0.906. The second-order valence-electron chi connectivity index (χ2n) is 3.52. The lowest BCUT2D eigenvalue weighted by atomic mass is 9.97. The van der Waals surface area contributed by atoms with E-state index in [1.54, 1.807) is 13.2 Å². The van der Waals surface area contributed by atoms with E-state index in [2.05, 4.69) is 0 Å². The molecule has 0 rings (SSSR count). The Morgan fingerprint density at radius 3 is 2.23 bits per heavy atom. The molecule has 3 nitrogen and oxygen atoms in total. The quantitative estimate of drug-likeness (QED) is 0.684. The smallest absolute Gasteiger partial charge is 0.168 e. The highest BCUT2D eigenvalue weighted by Gasteiger charge is 2.09. The van der Waals surface area contributed by atoms with Gasteiger partial charge in [-0.3, -0.25) is 0 Å². The third-order valence-electron chi connectivity index (χ3n) is 1.79. The van der Waals surface area contributed by atoms with Gasteiger partial charge in [0.1, 0.15) is 0 Å². The van der Waals surface area contributed by atoms with Crippen LogP contribution in [0, 0.1) is 11.8 Å². The van der Waals surface area contributed by atoms with Gasteiger partial charge in [0.25, 0.3) is 0 Å². The van der Waals surface area contributed by atoms with Gasteiger partial charge in [-0.2, -0.15) is 0 Å². The molecule has 4 heteroatoms. The molecular weight excluding hydrogens is 188 g/mol. The van der Waals surface area contributed by atoms with E-state index in [4.69, 9.17) is 4.74 Å². The molecule has 0 aliphatic carbocycles. The topological polar surface area (TPSA) is 43.4 Å². The fraction of sp³-hybridized carbons (Fsp3) is 0.778. The van der Waals surface area contributed by atoms with E-state index < -0.39 is 9.84 Å². The molecule has 0 unspecified atom stereocenters. The van der Waals surface area contributed by atoms with Gasteiger partial charge in [-0.15, -0.1) is 0 Å². The number of hydrogen-bond donors (Lipinski definition) is 0. The molecule has 0 N–H and O–H groups in total. The lowest BCUT2D eigenvalue weighted by Crippen LogP contribution is -2.12. The minimum absolute atomic E-state index is 0.166. The van der Waals surface area contributed by atoms with Crippen LogP contribution in [-0.2, 0) is 14.6 Å². The molecule has 0 bridgehead atoms. The number of rotatable bonds is 5. The van der Waals surface area contributed by atoms with Gasteiger partial charge in [-0.05, 0) is 5.92 Å². The van der Waals surface area contributed by atoms with Gasteiger partial charge in [0, 0.05) is 24.7 Å². The Bertz CT molecular complexity index is 252. The van der Waals surface area contributed by atoms with E-state index in [9.17, 15) is 8.42 Å². The summed E-state index contributed by atoms with van der Waals surface area (Å²) in [5, 5.41) is 1.25. The predicted octanol–water partition coefficient (Wildman–Crippen LogP) is 1.46. The summed E-state index contributed by atoms with van der Waals surface area (Å²) in [4.78, 5) is 0. The van der Waals surface area contributed by atoms with Crippen molar-refractivity contribution < 1.29 is 13.2 Å². The van der Waals surface area contributed by atoms with Gasteiger partial charge in [-0.25, -0.2) is 8.42 Å². The lowest BCUT2D eigenvalue weighted by molar-refractivity contribution is 0.151. The Hall–Kier alpha value is -0.350. The second kappa shape index (κ2) is 5.40. The standard InChI is InChI=1S/C9H18O3S/c1-8(2)9(7-12-3)5-6-13(4,10)11/h5-6,8-9H,7H2,1-4H3/b6-5+/t9-/m1/s1. The van der Waals surface area contributed by atoms with Gasteiger partial charge in [-0.1, -0.05) is 19.9 Å². The monoisotopic (exact) mass is 206 g/mol. The van der Waals surface area contributed by atoms with Gasteiger partial charge in [0.15, 0.2) is 9.84 Å². The van der Waals surface area contributed by atoms with E-state index in [0.29, 0.717) is 12.5 Å². The van der Waals surface area contributed by atoms with Crippen LogP contribution in [-0.4, -0.2) is 28.4 Å². The maximum atomic E-state index is 10.8. The average Bonchev–Trinajstić information content (AvgIpc) is 1.95. The van der Waals surface area contributed by atoms with Gasteiger partial charge < -0.3 is 4.74 Å². The highest BCUT2D eigenvalue weighted by atomic mass is 32.2. The summed E-state index contributed by atoms with van der Waals surface area (Å²) in [5.41, 5.74) is 0. The van der Waals surface area contributed by atoms with E-state index in [-0.39, 0.29) is 5.92 Å². The first-order valence-corrected chi connectivity index (χ1v) is 6.19. The van der Waals surface area contributed by atoms with Crippen LogP contribution in [0.15, 0.2) is 11.5 Å². The molecule has 0 aromatic rings. The summed E-state index contributed by atoms with van der Waals surface area (Å²) in [6.07, 6.45) is 2.89. The summed E-state index contributed by atoms with van der Waals surface area (Å²) in [6.45, 7) is 4.64. The van der Waals surface area contributed by atoms with Crippen LogP contribution < -0.4 is 0 Å². The van der Waals surface area contributed by atoms with Crippen LogP contribution in [0.1, 0.15) is 13.8 Å².